The van der Waals surface area contributed by atoms with Crippen LogP contribution in [0.15, 0.2) is 18.3 Å². The van der Waals surface area contributed by atoms with Gasteiger partial charge in [-0.25, -0.2) is 4.98 Å². The second kappa shape index (κ2) is 9.22. The second-order valence-corrected chi connectivity index (χ2v) is 7.46. The van der Waals surface area contributed by atoms with Crippen LogP contribution in [0.3, 0.4) is 0 Å². The average molecular weight is 372 g/mol. The molecule has 2 aromatic heterocycles. The lowest BCUT2D eigenvalue weighted by Gasteiger charge is -2.20. The van der Waals surface area contributed by atoms with Crippen molar-refractivity contribution in [1.29, 1.82) is 0 Å². The zero-order chi connectivity index (χ0) is 19.2. The van der Waals surface area contributed by atoms with Gasteiger partial charge >= 0.3 is 0 Å². The minimum Gasteiger partial charge on any atom is -0.359 e. The Labute approximate surface area is 162 Å². The molecular formula is C21H33N5O. The van der Waals surface area contributed by atoms with Gasteiger partial charge in [-0.15, -0.1) is 0 Å². The van der Waals surface area contributed by atoms with E-state index < -0.39 is 0 Å². The number of aromatic nitrogens is 2. The first-order valence-electron chi connectivity index (χ1n) is 10.4. The molecule has 0 saturated carbocycles. The van der Waals surface area contributed by atoms with Gasteiger partial charge in [-0.3, -0.25) is 9.20 Å². The molecule has 3 rings (SSSR count). The van der Waals surface area contributed by atoms with E-state index in [-0.39, 0.29) is 5.91 Å². The van der Waals surface area contributed by atoms with E-state index in [2.05, 4.69) is 40.4 Å². The van der Waals surface area contributed by atoms with Gasteiger partial charge in [0.15, 0.2) is 0 Å². The van der Waals surface area contributed by atoms with E-state index in [9.17, 15) is 4.79 Å². The molecule has 0 unspecified atom stereocenters. The number of amides is 1. The summed E-state index contributed by atoms with van der Waals surface area (Å²) in [5.41, 5.74) is 2.67. The fourth-order valence-corrected chi connectivity index (χ4v) is 3.79. The van der Waals surface area contributed by atoms with Gasteiger partial charge in [0.25, 0.3) is 5.91 Å². The van der Waals surface area contributed by atoms with Crippen molar-refractivity contribution in [2.75, 3.05) is 44.7 Å². The van der Waals surface area contributed by atoms with Crippen LogP contribution in [0.1, 0.15) is 55.6 Å². The van der Waals surface area contributed by atoms with E-state index in [1.54, 1.807) is 0 Å². The summed E-state index contributed by atoms with van der Waals surface area (Å²) < 4.78 is 2.07. The minimum absolute atomic E-state index is 0.00925. The number of carbonyl (C=O) groups excluding carboxylic acids is 1. The molecule has 0 atom stereocenters. The number of fused-ring (bicyclic) bond motifs is 1. The van der Waals surface area contributed by atoms with Crippen molar-refractivity contribution in [3.63, 3.8) is 0 Å². The van der Waals surface area contributed by atoms with Crippen molar-refractivity contribution in [2.45, 2.75) is 46.0 Å². The predicted molar refractivity (Wildman–Crippen MR) is 111 cm³/mol. The van der Waals surface area contributed by atoms with Crippen LogP contribution in [0.4, 0.5) is 5.82 Å². The SMILES string of the molecule is CCCCN(C)c1c(CC)nc2ccc(C(=O)NCCN3CCCC3)cn12. The second-order valence-electron chi connectivity index (χ2n) is 7.46. The third kappa shape index (κ3) is 4.61. The van der Waals surface area contributed by atoms with Crippen LogP contribution in [0.25, 0.3) is 5.65 Å². The number of aryl methyl sites for hydroxylation is 1. The zero-order valence-corrected chi connectivity index (χ0v) is 17.0. The highest BCUT2D eigenvalue weighted by atomic mass is 16.1. The maximum Gasteiger partial charge on any atom is 0.252 e. The number of pyridine rings is 1. The Morgan fingerprint density at radius 2 is 2.04 bits per heavy atom. The van der Waals surface area contributed by atoms with Crippen molar-refractivity contribution < 1.29 is 4.79 Å². The van der Waals surface area contributed by atoms with Crippen molar-refractivity contribution in [1.82, 2.24) is 19.6 Å². The van der Waals surface area contributed by atoms with Gasteiger partial charge in [0, 0.05) is 32.9 Å². The lowest BCUT2D eigenvalue weighted by molar-refractivity contribution is 0.0949. The Kier molecular flexibility index (Phi) is 6.72. The highest BCUT2D eigenvalue weighted by Crippen LogP contribution is 2.23. The Morgan fingerprint density at radius 3 is 2.74 bits per heavy atom. The van der Waals surface area contributed by atoms with E-state index in [0.717, 1.165) is 62.6 Å². The molecule has 0 aromatic carbocycles. The molecule has 0 bridgehead atoms. The van der Waals surface area contributed by atoms with Crippen molar-refractivity contribution in [3.8, 4) is 0 Å². The van der Waals surface area contributed by atoms with E-state index >= 15 is 0 Å². The number of imidazole rings is 1. The summed E-state index contributed by atoms with van der Waals surface area (Å²) in [5.74, 6) is 1.10. The molecule has 6 heteroatoms. The Hall–Kier alpha value is -2.08. The fourth-order valence-electron chi connectivity index (χ4n) is 3.79. The summed E-state index contributed by atoms with van der Waals surface area (Å²) in [7, 11) is 2.11. The highest BCUT2D eigenvalue weighted by molar-refractivity contribution is 5.94. The molecule has 148 valence electrons. The molecule has 6 nitrogen and oxygen atoms in total. The molecular weight excluding hydrogens is 338 g/mol. The number of likely N-dealkylation sites (tertiary alicyclic amines) is 1. The number of unbranched alkanes of at least 4 members (excludes halogenated alkanes) is 1. The topological polar surface area (TPSA) is 52.9 Å². The standard InChI is InChI=1S/C21H33N5O/c1-4-6-12-24(3)21-18(5-2)23-19-10-9-17(16-26(19)21)20(27)22-11-15-25-13-7-8-14-25/h9-10,16H,4-8,11-15H2,1-3H3,(H,22,27). The number of nitrogens with zero attached hydrogens (tertiary/aromatic N) is 4. The van der Waals surface area contributed by atoms with Gasteiger partial charge in [0.1, 0.15) is 11.5 Å². The number of anilines is 1. The van der Waals surface area contributed by atoms with Gasteiger partial charge in [0.05, 0.1) is 11.3 Å². The Balaban J connectivity index is 1.75. The Bertz CT molecular complexity index is 763. The van der Waals surface area contributed by atoms with Crippen molar-refractivity contribution in [3.05, 3.63) is 29.6 Å². The summed E-state index contributed by atoms with van der Waals surface area (Å²) in [6.07, 6.45) is 7.67. The molecule has 1 fully saturated rings. The van der Waals surface area contributed by atoms with E-state index in [1.807, 2.05) is 18.3 Å². The third-order valence-corrected chi connectivity index (χ3v) is 5.38. The Morgan fingerprint density at radius 1 is 1.26 bits per heavy atom. The third-order valence-electron chi connectivity index (χ3n) is 5.38. The molecule has 1 saturated heterocycles. The lowest BCUT2D eigenvalue weighted by Crippen LogP contribution is -2.33. The quantitative estimate of drug-likeness (QED) is 0.736. The summed E-state index contributed by atoms with van der Waals surface area (Å²) in [4.78, 5) is 22.0. The number of hydrogen-bond donors (Lipinski definition) is 1. The smallest absolute Gasteiger partial charge is 0.252 e. The number of carbonyl (C=O) groups is 1. The number of rotatable bonds is 9. The van der Waals surface area contributed by atoms with Crippen molar-refractivity contribution in [2.24, 2.45) is 0 Å². The average Bonchev–Trinajstić information content (AvgIpc) is 3.32. The van der Waals surface area contributed by atoms with Crippen LogP contribution in [-0.4, -0.2) is 60.0 Å². The van der Waals surface area contributed by atoms with Gasteiger partial charge in [0.2, 0.25) is 0 Å². The van der Waals surface area contributed by atoms with Crippen LogP contribution < -0.4 is 10.2 Å². The fraction of sp³-hybridized carbons (Fsp3) is 0.619. The molecule has 1 N–H and O–H groups in total. The molecule has 1 amide bonds. The first-order valence-corrected chi connectivity index (χ1v) is 10.4. The summed E-state index contributed by atoms with van der Waals surface area (Å²) in [5, 5.41) is 3.07. The number of hydrogen-bond acceptors (Lipinski definition) is 4. The van der Waals surface area contributed by atoms with E-state index in [4.69, 9.17) is 4.98 Å². The number of nitrogens with one attached hydrogen (secondary N) is 1. The van der Waals surface area contributed by atoms with Crippen LogP contribution in [0.2, 0.25) is 0 Å². The van der Waals surface area contributed by atoms with Gasteiger partial charge < -0.3 is 15.1 Å². The first kappa shape index (κ1) is 19.7. The molecule has 3 heterocycles. The van der Waals surface area contributed by atoms with Crippen LogP contribution in [0, 0.1) is 0 Å². The van der Waals surface area contributed by atoms with Crippen LogP contribution >= 0.6 is 0 Å². The molecule has 0 aliphatic carbocycles. The van der Waals surface area contributed by atoms with Crippen LogP contribution in [-0.2, 0) is 6.42 Å². The van der Waals surface area contributed by atoms with Gasteiger partial charge in [-0.2, -0.15) is 0 Å². The van der Waals surface area contributed by atoms with E-state index in [0.29, 0.717) is 12.1 Å². The molecule has 27 heavy (non-hydrogen) atoms. The largest absolute Gasteiger partial charge is 0.359 e. The normalized spacial score (nSPS) is 14.8. The minimum atomic E-state index is -0.00925. The highest BCUT2D eigenvalue weighted by Gasteiger charge is 2.17. The predicted octanol–water partition coefficient (Wildman–Crippen LogP) is 2.96. The van der Waals surface area contributed by atoms with Crippen molar-refractivity contribution >= 4 is 17.4 Å². The van der Waals surface area contributed by atoms with E-state index in [1.165, 1.54) is 12.8 Å². The molecule has 2 aromatic rings. The van der Waals surface area contributed by atoms with Gasteiger partial charge in [-0.05, 0) is 50.9 Å². The molecule has 1 aliphatic rings. The first-order chi connectivity index (χ1) is 13.1. The molecule has 1 aliphatic heterocycles. The zero-order valence-electron chi connectivity index (χ0n) is 17.0. The molecule has 0 radical (unpaired) electrons. The van der Waals surface area contributed by atoms with Gasteiger partial charge in [-0.1, -0.05) is 20.3 Å². The monoisotopic (exact) mass is 371 g/mol. The lowest BCUT2D eigenvalue weighted by atomic mass is 10.2. The molecule has 0 spiro atoms. The maximum atomic E-state index is 12.6. The summed E-state index contributed by atoms with van der Waals surface area (Å²) >= 11 is 0. The van der Waals surface area contributed by atoms with Crippen LogP contribution in [0.5, 0.6) is 0 Å². The summed E-state index contributed by atoms with van der Waals surface area (Å²) in [6, 6.07) is 3.83. The summed E-state index contributed by atoms with van der Waals surface area (Å²) in [6.45, 7) is 9.27. The maximum absolute atomic E-state index is 12.6.